The summed E-state index contributed by atoms with van der Waals surface area (Å²) in [6, 6.07) is 36.4. The predicted molar refractivity (Wildman–Crippen MR) is 119 cm³/mol. The fourth-order valence-corrected chi connectivity index (χ4v) is 4.15. The number of rotatable bonds is 5. The van der Waals surface area contributed by atoms with Crippen LogP contribution in [0.3, 0.4) is 0 Å². The molecule has 29 heavy (non-hydrogen) atoms. The molecule has 0 N–H and O–H groups in total. The molecule has 0 aliphatic rings. The summed E-state index contributed by atoms with van der Waals surface area (Å²) < 4.78 is 0. The maximum atomic E-state index is 14.3. The van der Waals surface area contributed by atoms with Gasteiger partial charge in [0.05, 0.1) is 0 Å². The van der Waals surface area contributed by atoms with Gasteiger partial charge in [0.2, 0.25) is 0 Å². The van der Waals surface area contributed by atoms with Crippen LogP contribution in [0, 0.1) is 13.8 Å². The molecule has 142 valence electrons. The zero-order valence-electron chi connectivity index (χ0n) is 16.8. The van der Waals surface area contributed by atoms with Crippen LogP contribution in [0.25, 0.3) is 0 Å². The van der Waals surface area contributed by atoms with Gasteiger partial charge in [0, 0.05) is 5.56 Å². The standard InChI is InChI=1S/C28H24O/c1-21-11-9-13-23(19-21)27(29)28(24-14-5-3-6-15-24,25-16-7-4-8-17-25)26-18-10-12-22(2)20-26/h3-20H,1-2H3. The molecule has 0 aliphatic heterocycles. The van der Waals surface area contributed by atoms with Gasteiger partial charge in [-0.15, -0.1) is 0 Å². The van der Waals surface area contributed by atoms with Crippen molar-refractivity contribution in [3.63, 3.8) is 0 Å². The Hall–Kier alpha value is -3.45. The molecular weight excluding hydrogens is 352 g/mol. The van der Waals surface area contributed by atoms with Crippen molar-refractivity contribution in [2.45, 2.75) is 19.3 Å². The van der Waals surface area contributed by atoms with E-state index in [-0.39, 0.29) is 5.78 Å². The molecule has 0 unspecified atom stereocenters. The molecule has 0 radical (unpaired) electrons. The molecule has 0 atom stereocenters. The Labute approximate surface area is 172 Å². The van der Waals surface area contributed by atoms with E-state index in [1.54, 1.807) is 0 Å². The van der Waals surface area contributed by atoms with Gasteiger partial charge in [-0.2, -0.15) is 0 Å². The first-order chi connectivity index (χ1) is 14.1. The summed E-state index contributed by atoms with van der Waals surface area (Å²) >= 11 is 0. The van der Waals surface area contributed by atoms with Crippen LogP contribution in [-0.2, 0) is 5.41 Å². The molecule has 0 bridgehead atoms. The number of Topliss-reactive ketones (excluding diaryl/α,β-unsaturated/α-hetero) is 1. The van der Waals surface area contributed by atoms with Crippen molar-refractivity contribution in [2.75, 3.05) is 0 Å². The largest absolute Gasteiger partial charge is 0.292 e. The quantitative estimate of drug-likeness (QED) is 0.286. The lowest BCUT2D eigenvalue weighted by Gasteiger charge is -2.35. The summed E-state index contributed by atoms with van der Waals surface area (Å²) in [7, 11) is 0. The highest BCUT2D eigenvalue weighted by Crippen LogP contribution is 2.42. The third-order valence-corrected chi connectivity index (χ3v) is 5.49. The van der Waals surface area contributed by atoms with Gasteiger partial charge in [-0.1, -0.05) is 114 Å². The molecule has 4 aromatic rings. The lowest BCUT2D eigenvalue weighted by atomic mass is 9.65. The third-order valence-electron chi connectivity index (χ3n) is 5.49. The molecule has 0 saturated heterocycles. The first-order valence-electron chi connectivity index (χ1n) is 9.92. The number of hydrogen-bond acceptors (Lipinski definition) is 1. The van der Waals surface area contributed by atoms with Gasteiger partial charge in [0.25, 0.3) is 0 Å². The molecule has 4 aromatic carbocycles. The van der Waals surface area contributed by atoms with E-state index in [1.165, 1.54) is 0 Å². The molecule has 0 saturated carbocycles. The smallest absolute Gasteiger partial charge is 0.182 e. The number of aryl methyl sites for hydroxylation is 2. The van der Waals surface area contributed by atoms with Gasteiger partial charge < -0.3 is 0 Å². The van der Waals surface area contributed by atoms with Gasteiger partial charge in [0.15, 0.2) is 5.78 Å². The Morgan fingerprint density at radius 1 is 0.552 bits per heavy atom. The summed E-state index contributed by atoms with van der Waals surface area (Å²) in [4.78, 5) is 14.3. The van der Waals surface area contributed by atoms with Crippen molar-refractivity contribution in [1.82, 2.24) is 0 Å². The highest BCUT2D eigenvalue weighted by atomic mass is 16.1. The van der Waals surface area contributed by atoms with Gasteiger partial charge in [-0.3, -0.25) is 4.79 Å². The van der Waals surface area contributed by atoms with E-state index in [0.717, 1.165) is 33.4 Å². The molecule has 0 aromatic heterocycles. The fraction of sp³-hybridized carbons (Fsp3) is 0.107. The topological polar surface area (TPSA) is 17.1 Å². The lowest BCUT2D eigenvalue weighted by Crippen LogP contribution is -2.38. The molecule has 1 heteroatoms. The van der Waals surface area contributed by atoms with Crippen LogP contribution in [0.5, 0.6) is 0 Å². The summed E-state index contributed by atoms with van der Waals surface area (Å²) in [5.41, 5.74) is 4.96. The number of ketones is 1. The van der Waals surface area contributed by atoms with Crippen LogP contribution in [0.2, 0.25) is 0 Å². The van der Waals surface area contributed by atoms with Gasteiger partial charge >= 0.3 is 0 Å². The van der Waals surface area contributed by atoms with E-state index in [2.05, 4.69) is 49.4 Å². The maximum Gasteiger partial charge on any atom is 0.182 e. The molecular formula is C28H24O. The number of hydrogen-bond donors (Lipinski definition) is 0. The normalized spacial score (nSPS) is 11.2. The van der Waals surface area contributed by atoms with Crippen LogP contribution in [-0.4, -0.2) is 5.78 Å². The Morgan fingerprint density at radius 2 is 1.03 bits per heavy atom. The summed E-state index contributed by atoms with van der Waals surface area (Å²) in [6.45, 7) is 4.09. The predicted octanol–water partition coefficient (Wildman–Crippen LogP) is 6.52. The van der Waals surface area contributed by atoms with E-state index in [0.29, 0.717) is 0 Å². The molecule has 0 spiro atoms. The zero-order valence-corrected chi connectivity index (χ0v) is 16.8. The third kappa shape index (κ3) is 3.40. The SMILES string of the molecule is Cc1cccc(C(=O)C(c2ccccc2)(c2ccccc2)c2cccc(C)c2)c1. The summed E-state index contributed by atoms with van der Waals surface area (Å²) in [5, 5.41) is 0. The van der Waals surface area contributed by atoms with Crippen LogP contribution in [0.1, 0.15) is 38.2 Å². The Balaban J connectivity index is 2.10. The van der Waals surface area contributed by atoms with E-state index >= 15 is 0 Å². The van der Waals surface area contributed by atoms with E-state index in [4.69, 9.17) is 0 Å². The minimum Gasteiger partial charge on any atom is -0.292 e. The summed E-state index contributed by atoms with van der Waals surface area (Å²) in [6.07, 6.45) is 0. The average Bonchev–Trinajstić information content (AvgIpc) is 2.76. The fourth-order valence-electron chi connectivity index (χ4n) is 4.15. The highest BCUT2D eigenvalue weighted by Gasteiger charge is 2.44. The number of carbonyl (C=O) groups excluding carboxylic acids is 1. The minimum absolute atomic E-state index is 0.0872. The molecule has 0 amide bonds. The van der Waals surface area contributed by atoms with Gasteiger partial charge in [0.1, 0.15) is 5.41 Å². The zero-order chi connectivity index (χ0) is 20.3. The monoisotopic (exact) mass is 376 g/mol. The number of carbonyl (C=O) groups is 1. The van der Waals surface area contributed by atoms with Crippen molar-refractivity contribution in [2.24, 2.45) is 0 Å². The molecule has 4 rings (SSSR count). The number of benzene rings is 4. The van der Waals surface area contributed by atoms with Crippen molar-refractivity contribution in [3.8, 4) is 0 Å². The first kappa shape index (κ1) is 18.9. The van der Waals surface area contributed by atoms with Crippen LogP contribution >= 0.6 is 0 Å². The van der Waals surface area contributed by atoms with Crippen molar-refractivity contribution < 1.29 is 4.79 Å². The van der Waals surface area contributed by atoms with E-state index < -0.39 is 5.41 Å². The van der Waals surface area contributed by atoms with Gasteiger partial charge in [-0.05, 0) is 36.6 Å². The molecule has 0 fully saturated rings. The Bertz CT molecular complexity index is 1090. The summed E-state index contributed by atoms with van der Waals surface area (Å²) in [5.74, 6) is 0.0872. The van der Waals surface area contributed by atoms with E-state index in [1.807, 2.05) is 73.7 Å². The van der Waals surface area contributed by atoms with Crippen molar-refractivity contribution >= 4 is 5.78 Å². The van der Waals surface area contributed by atoms with Gasteiger partial charge in [-0.25, -0.2) is 0 Å². The second kappa shape index (κ2) is 7.89. The Kier molecular flexibility index (Phi) is 5.14. The van der Waals surface area contributed by atoms with Crippen LogP contribution < -0.4 is 0 Å². The van der Waals surface area contributed by atoms with Crippen LogP contribution in [0.15, 0.2) is 109 Å². The highest BCUT2D eigenvalue weighted by molar-refractivity contribution is 6.09. The average molecular weight is 376 g/mol. The molecule has 0 aliphatic carbocycles. The first-order valence-corrected chi connectivity index (χ1v) is 9.92. The minimum atomic E-state index is -0.914. The Morgan fingerprint density at radius 3 is 1.55 bits per heavy atom. The second-order valence-corrected chi connectivity index (χ2v) is 7.55. The maximum absolute atomic E-state index is 14.3. The molecule has 0 heterocycles. The van der Waals surface area contributed by atoms with Crippen molar-refractivity contribution in [1.29, 1.82) is 0 Å². The van der Waals surface area contributed by atoms with E-state index in [9.17, 15) is 4.79 Å². The lowest BCUT2D eigenvalue weighted by molar-refractivity contribution is 0.0935. The molecule has 1 nitrogen and oxygen atoms in total. The second-order valence-electron chi connectivity index (χ2n) is 7.55. The van der Waals surface area contributed by atoms with Crippen LogP contribution in [0.4, 0.5) is 0 Å². The van der Waals surface area contributed by atoms with Crippen molar-refractivity contribution in [3.05, 3.63) is 143 Å².